The summed E-state index contributed by atoms with van der Waals surface area (Å²) in [6, 6.07) is 8.61. The SMILES string of the molecule is O=C(O)c1cnc(Sc2ccc(Cl)cc2)c(Cl)c1. The predicted octanol–water partition coefficient (Wildman–Crippen LogP) is 4.24. The van der Waals surface area contributed by atoms with Gasteiger partial charge < -0.3 is 5.11 Å². The first-order valence-electron chi connectivity index (χ1n) is 4.88. The molecule has 0 aliphatic heterocycles. The second kappa shape index (κ2) is 5.61. The summed E-state index contributed by atoms with van der Waals surface area (Å²) in [5, 5.41) is 10.3. The van der Waals surface area contributed by atoms with Crippen LogP contribution >= 0.6 is 35.0 Å². The maximum absolute atomic E-state index is 10.7. The molecule has 3 nitrogen and oxygen atoms in total. The molecule has 1 N–H and O–H groups in total. The van der Waals surface area contributed by atoms with Gasteiger partial charge >= 0.3 is 5.97 Å². The van der Waals surface area contributed by atoms with E-state index in [0.717, 1.165) is 4.90 Å². The lowest BCUT2D eigenvalue weighted by molar-refractivity contribution is 0.0696. The van der Waals surface area contributed by atoms with Crippen molar-refractivity contribution in [2.75, 3.05) is 0 Å². The molecule has 0 saturated carbocycles. The lowest BCUT2D eigenvalue weighted by Crippen LogP contribution is -1.97. The van der Waals surface area contributed by atoms with Gasteiger partial charge in [0.25, 0.3) is 0 Å². The molecule has 18 heavy (non-hydrogen) atoms. The highest BCUT2D eigenvalue weighted by Crippen LogP contribution is 2.32. The lowest BCUT2D eigenvalue weighted by Gasteiger charge is -2.04. The standard InChI is InChI=1S/C12H7Cl2NO2S/c13-8-1-3-9(4-2-8)18-11-10(14)5-7(6-15-11)12(16)17/h1-6H,(H,16,17). The van der Waals surface area contributed by atoms with Crippen molar-refractivity contribution in [3.8, 4) is 0 Å². The van der Waals surface area contributed by atoms with Crippen LogP contribution in [0.2, 0.25) is 10.0 Å². The molecule has 0 atom stereocenters. The van der Waals surface area contributed by atoms with Crippen molar-refractivity contribution in [1.29, 1.82) is 0 Å². The van der Waals surface area contributed by atoms with E-state index in [1.807, 2.05) is 12.1 Å². The first kappa shape index (κ1) is 13.2. The van der Waals surface area contributed by atoms with Crippen molar-refractivity contribution in [2.24, 2.45) is 0 Å². The summed E-state index contributed by atoms with van der Waals surface area (Å²) in [5.41, 5.74) is 0.0699. The summed E-state index contributed by atoms with van der Waals surface area (Å²) in [6.07, 6.45) is 1.28. The Kier molecular flexibility index (Phi) is 4.11. The van der Waals surface area contributed by atoms with E-state index < -0.39 is 5.97 Å². The van der Waals surface area contributed by atoms with Crippen LogP contribution in [0.15, 0.2) is 46.5 Å². The van der Waals surface area contributed by atoms with Crippen LogP contribution in [0.5, 0.6) is 0 Å². The highest BCUT2D eigenvalue weighted by molar-refractivity contribution is 7.99. The van der Waals surface area contributed by atoms with E-state index >= 15 is 0 Å². The molecule has 0 radical (unpaired) electrons. The second-order valence-corrected chi connectivity index (χ2v) is 5.28. The zero-order chi connectivity index (χ0) is 13.1. The molecule has 2 rings (SSSR count). The van der Waals surface area contributed by atoms with Gasteiger partial charge in [-0.2, -0.15) is 0 Å². The van der Waals surface area contributed by atoms with Crippen molar-refractivity contribution < 1.29 is 9.90 Å². The minimum Gasteiger partial charge on any atom is -0.478 e. The fraction of sp³-hybridized carbons (Fsp3) is 0. The summed E-state index contributed by atoms with van der Waals surface area (Å²) in [7, 11) is 0. The Balaban J connectivity index is 2.24. The minimum absolute atomic E-state index is 0.0699. The number of hydrogen-bond donors (Lipinski definition) is 1. The maximum Gasteiger partial charge on any atom is 0.337 e. The number of aromatic nitrogens is 1. The van der Waals surface area contributed by atoms with E-state index in [0.29, 0.717) is 15.1 Å². The van der Waals surface area contributed by atoms with Crippen molar-refractivity contribution in [3.05, 3.63) is 52.1 Å². The number of carboxylic acid groups (broad SMARTS) is 1. The summed E-state index contributed by atoms with van der Waals surface area (Å²) in [6.45, 7) is 0. The van der Waals surface area contributed by atoms with Gasteiger partial charge in [0.15, 0.2) is 0 Å². The summed E-state index contributed by atoms with van der Waals surface area (Å²) in [4.78, 5) is 15.7. The monoisotopic (exact) mass is 299 g/mol. The molecule has 0 saturated heterocycles. The number of nitrogens with zero attached hydrogens (tertiary/aromatic N) is 1. The first-order valence-corrected chi connectivity index (χ1v) is 6.46. The van der Waals surface area contributed by atoms with Crippen LogP contribution < -0.4 is 0 Å². The molecule has 92 valence electrons. The smallest absolute Gasteiger partial charge is 0.337 e. The van der Waals surface area contributed by atoms with E-state index in [1.165, 1.54) is 24.0 Å². The normalized spacial score (nSPS) is 10.3. The molecular weight excluding hydrogens is 293 g/mol. The molecule has 0 fully saturated rings. The van der Waals surface area contributed by atoms with Crippen LogP contribution in [-0.2, 0) is 0 Å². The van der Waals surface area contributed by atoms with Crippen LogP contribution in [0, 0.1) is 0 Å². The maximum atomic E-state index is 10.7. The summed E-state index contributed by atoms with van der Waals surface area (Å²) in [5.74, 6) is -1.05. The number of hydrogen-bond acceptors (Lipinski definition) is 3. The predicted molar refractivity (Wildman–Crippen MR) is 71.8 cm³/mol. The van der Waals surface area contributed by atoms with Crippen LogP contribution in [0.3, 0.4) is 0 Å². The zero-order valence-corrected chi connectivity index (χ0v) is 11.3. The van der Waals surface area contributed by atoms with Gasteiger partial charge in [-0.15, -0.1) is 0 Å². The third-order valence-electron chi connectivity index (χ3n) is 2.08. The molecule has 1 aromatic carbocycles. The third-order valence-corrected chi connectivity index (χ3v) is 3.76. The van der Waals surface area contributed by atoms with Gasteiger partial charge in [-0.05, 0) is 30.3 Å². The highest BCUT2D eigenvalue weighted by atomic mass is 35.5. The van der Waals surface area contributed by atoms with Gasteiger partial charge in [0, 0.05) is 16.1 Å². The Morgan fingerprint density at radius 1 is 1.22 bits per heavy atom. The number of aromatic carboxylic acids is 1. The van der Waals surface area contributed by atoms with Gasteiger partial charge in [0.05, 0.1) is 10.6 Å². The Hall–Kier alpha value is -1.23. The lowest BCUT2D eigenvalue weighted by atomic mass is 10.3. The van der Waals surface area contributed by atoms with E-state index in [-0.39, 0.29) is 5.56 Å². The average Bonchev–Trinajstić information content (AvgIpc) is 2.34. The van der Waals surface area contributed by atoms with Gasteiger partial charge in [-0.1, -0.05) is 35.0 Å². The molecule has 0 amide bonds. The molecule has 6 heteroatoms. The van der Waals surface area contributed by atoms with Gasteiger partial charge in [-0.3, -0.25) is 0 Å². The van der Waals surface area contributed by atoms with Crippen molar-refractivity contribution >= 4 is 40.9 Å². The Morgan fingerprint density at radius 3 is 2.44 bits per heavy atom. The van der Waals surface area contributed by atoms with Crippen molar-refractivity contribution in [1.82, 2.24) is 4.98 Å². The number of pyridine rings is 1. The fourth-order valence-electron chi connectivity index (χ4n) is 1.23. The minimum atomic E-state index is -1.05. The Labute approximate surface area is 118 Å². The molecule has 0 bridgehead atoms. The number of rotatable bonds is 3. The quantitative estimate of drug-likeness (QED) is 0.921. The van der Waals surface area contributed by atoms with E-state index in [9.17, 15) is 4.79 Å². The molecule has 1 heterocycles. The van der Waals surface area contributed by atoms with Gasteiger partial charge in [0.1, 0.15) is 5.03 Å². The Morgan fingerprint density at radius 2 is 1.89 bits per heavy atom. The fourth-order valence-corrected chi connectivity index (χ4v) is 2.40. The number of halogens is 2. The Bertz CT molecular complexity index is 587. The van der Waals surface area contributed by atoms with E-state index in [2.05, 4.69) is 4.98 Å². The largest absolute Gasteiger partial charge is 0.478 e. The van der Waals surface area contributed by atoms with Gasteiger partial charge in [-0.25, -0.2) is 9.78 Å². The van der Waals surface area contributed by atoms with E-state index in [1.54, 1.807) is 12.1 Å². The summed E-state index contributed by atoms with van der Waals surface area (Å²) >= 11 is 13.1. The van der Waals surface area contributed by atoms with Crippen molar-refractivity contribution in [3.63, 3.8) is 0 Å². The average molecular weight is 300 g/mol. The van der Waals surface area contributed by atoms with Crippen molar-refractivity contribution in [2.45, 2.75) is 9.92 Å². The zero-order valence-electron chi connectivity index (χ0n) is 8.93. The molecule has 2 aromatic rings. The van der Waals surface area contributed by atoms with E-state index in [4.69, 9.17) is 28.3 Å². The second-order valence-electron chi connectivity index (χ2n) is 3.37. The molecule has 0 aliphatic carbocycles. The van der Waals surface area contributed by atoms with Gasteiger partial charge in [0.2, 0.25) is 0 Å². The van der Waals surface area contributed by atoms with Crippen LogP contribution in [0.25, 0.3) is 0 Å². The summed E-state index contributed by atoms with van der Waals surface area (Å²) < 4.78 is 0. The molecule has 0 aliphatic rings. The number of benzene rings is 1. The number of carboxylic acids is 1. The first-order chi connectivity index (χ1) is 8.56. The molecular formula is C12H7Cl2NO2S. The van der Waals surface area contributed by atoms with Crippen LogP contribution in [0.1, 0.15) is 10.4 Å². The number of carbonyl (C=O) groups is 1. The molecule has 0 unspecified atom stereocenters. The topological polar surface area (TPSA) is 50.2 Å². The molecule has 0 spiro atoms. The van der Waals surface area contributed by atoms with Crippen LogP contribution in [-0.4, -0.2) is 16.1 Å². The molecule has 1 aromatic heterocycles. The van der Waals surface area contributed by atoms with Crippen LogP contribution in [0.4, 0.5) is 0 Å². The highest BCUT2D eigenvalue weighted by Gasteiger charge is 2.09. The third kappa shape index (κ3) is 3.16.